The number of hydrogen-bond donors (Lipinski definition) is 2. The smallest absolute Gasteiger partial charge is 0.191 e. The highest BCUT2D eigenvalue weighted by molar-refractivity contribution is 14.0. The SMILES string of the molecule is CN=C(NCc1c(C)nn(C)c1C)NC1CCCC(C)C1.I. The van der Waals surface area contributed by atoms with E-state index in [4.69, 9.17) is 0 Å². The lowest BCUT2D eigenvalue weighted by Crippen LogP contribution is -2.44. The van der Waals surface area contributed by atoms with Crippen molar-refractivity contribution < 1.29 is 0 Å². The lowest BCUT2D eigenvalue weighted by molar-refractivity contribution is 0.324. The van der Waals surface area contributed by atoms with Crippen molar-refractivity contribution in [3.63, 3.8) is 0 Å². The molecular weight excluding hydrogens is 389 g/mol. The molecule has 0 aliphatic heterocycles. The summed E-state index contributed by atoms with van der Waals surface area (Å²) < 4.78 is 1.94. The van der Waals surface area contributed by atoms with Crippen LogP contribution in [0.2, 0.25) is 0 Å². The van der Waals surface area contributed by atoms with Crippen molar-refractivity contribution in [3.8, 4) is 0 Å². The molecule has 0 amide bonds. The van der Waals surface area contributed by atoms with Gasteiger partial charge in [0.2, 0.25) is 0 Å². The number of aromatic nitrogens is 2. The van der Waals surface area contributed by atoms with E-state index in [9.17, 15) is 0 Å². The number of hydrogen-bond acceptors (Lipinski definition) is 2. The number of guanidine groups is 1. The highest BCUT2D eigenvalue weighted by Gasteiger charge is 2.19. The van der Waals surface area contributed by atoms with Crippen LogP contribution in [0.15, 0.2) is 4.99 Å². The number of nitrogens with zero attached hydrogens (tertiary/aromatic N) is 3. The Bertz CT molecular complexity index is 509. The van der Waals surface area contributed by atoms with Crippen LogP contribution in [0.5, 0.6) is 0 Å². The molecule has 1 aliphatic carbocycles. The van der Waals surface area contributed by atoms with Gasteiger partial charge < -0.3 is 10.6 Å². The van der Waals surface area contributed by atoms with Gasteiger partial charge in [-0.25, -0.2) is 0 Å². The largest absolute Gasteiger partial charge is 0.354 e. The molecule has 6 heteroatoms. The van der Waals surface area contributed by atoms with E-state index in [2.05, 4.69) is 41.5 Å². The molecule has 5 nitrogen and oxygen atoms in total. The van der Waals surface area contributed by atoms with Crippen LogP contribution in [0.1, 0.15) is 49.6 Å². The molecule has 1 fully saturated rings. The second kappa shape index (κ2) is 8.74. The molecule has 0 aromatic carbocycles. The summed E-state index contributed by atoms with van der Waals surface area (Å²) >= 11 is 0. The normalized spacial score (nSPS) is 22.1. The Labute approximate surface area is 151 Å². The summed E-state index contributed by atoms with van der Waals surface area (Å²) in [6.45, 7) is 7.28. The third-order valence-electron chi connectivity index (χ3n) is 4.59. The van der Waals surface area contributed by atoms with Gasteiger partial charge in [-0.2, -0.15) is 5.10 Å². The van der Waals surface area contributed by atoms with Crippen LogP contribution in [-0.4, -0.2) is 28.8 Å². The van der Waals surface area contributed by atoms with Crippen LogP contribution < -0.4 is 10.6 Å². The van der Waals surface area contributed by atoms with Crippen LogP contribution in [0, 0.1) is 19.8 Å². The molecule has 22 heavy (non-hydrogen) atoms. The average molecular weight is 419 g/mol. The van der Waals surface area contributed by atoms with E-state index in [1.165, 1.54) is 36.9 Å². The third-order valence-corrected chi connectivity index (χ3v) is 4.59. The Morgan fingerprint density at radius 2 is 2.09 bits per heavy atom. The molecule has 2 unspecified atom stereocenters. The molecule has 2 N–H and O–H groups in total. The van der Waals surface area contributed by atoms with E-state index in [0.717, 1.165) is 24.1 Å². The van der Waals surface area contributed by atoms with Gasteiger partial charge in [-0.1, -0.05) is 19.8 Å². The van der Waals surface area contributed by atoms with E-state index in [1.54, 1.807) is 0 Å². The summed E-state index contributed by atoms with van der Waals surface area (Å²) in [5.74, 6) is 1.72. The molecule has 2 rings (SSSR count). The van der Waals surface area contributed by atoms with Crippen molar-refractivity contribution in [2.75, 3.05) is 7.05 Å². The molecule has 2 atom stereocenters. The Hall–Kier alpha value is -0.790. The predicted molar refractivity (Wildman–Crippen MR) is 103 cm³/mol. The highest BCUT2D eigenvalue weighted by Crippen LogP contribution is 2.23. The van der Waals surface area contributed by atoms with E-state index >= 15 is 0 Å². The van der Waals surface area contributed by atoms with Gasteiger partial charge in [-0.05, 0) is 32.6 Å². The minimum Gasteiger partial charge on any atom is -0.354 e. The molecule has 0 spiro atoms. The number of halogens is 1. The quantitative estimate of drug-likeness (QED) is 0.450. The number of rotatable bonds is 3. The van der Waals surface area contributed by atoms with Crippen LogP contribution in [0.4, 0.5) is 0 Å². The first-order valence-electron chi connectivity index (χ1n) is 7.97. The zero-order chi connectivity index (χ0) is 15.4. The fraction of sp³-hybridized carbons (Fsp3) is 0.750. The van der Waals surface area contributed by atoms with Gasteiger partial charge in [-0.15, -0.1) is 24.0 Å². The maximum Gasteiger partial charge on any atom is 0.191 e. The summed E-state index contributed by atoms with van der Waals surface area (Å²) in [6, 6.07) is 0.552. The van der Waals surface area contributed by atoms with E-state index < -0.39 is 0 Å². The fourth-order valence-electron chi connectivity index (χ4n) is 3.20. The van der Waals surface area contributed by atoms with Gasteiger partial charge in [0, 0.05) is 37.9 Å². The zero-order valence-corrected chi connectivity index (χ0v) is 16.8. The fourth-order valence-corrected chi connectivity index (χ4v) is 3.20. The van der Waals surface area contributed by atoms with Crippen molar-refractivity contribution in [1.82, 2.24) is 20.4 Å². The standard InChI is InChI=1S/C16H29N5.HI/c1-11-7-6-8-14(9-11)19-16(17-4)18-10-15-12(2)20-21(5)13(15)3;/h11,14H,6-10H2,1-5H3,(H2,17,18,19);1H. The maximum atomic E-state index is 4.46. The van der Waals surface area contributed by atoms with E-state index in [0.29, 0.717) is 6.04 Å². The predicted octanol–water partition coefficient (Wildman–Crippen LogP) is 2.90. The van der Waals surface area contributed by atoms with E-state index in [1.807, 2.05) is 18.8 Å². The molecule has 1 heterocycles. The molecule has 0 radical (unpaired) electrons. The van der Waals surface area contributed by atoms with Gasteiger partial charge in [-0.3, -0.25) is 9.67 Å². The molecule has 0 bridgehead atoms. The van der Waals surface area contributed by atoms with Gasteiger partial charge in [0.1, 0.15) is 0 Å². The van der Waals surface area contributed by atoms with Crippen molar-refractivity contribution >= 4 is 29.9 Å². The first kappa shape index (κ1) is 19.3. The summed E-state index contributed by atoms with van der Waals surface area (Å²) in [6.07, 6.45) is 5.16. The Kier molecular flexibility index (Phi) is 7.65. The summed E-state index contributed by atoms with van der Waals surface area (Å²) in [7, 11) is 3.83. The first-order chi connectivity index (χ1) is 10.0. The lowest BCUT2D eigenvalue weighted by atomic mass is 9.87. The van der Waals surface area contributed by atoms with Crippen molar-refractivity contribution in [1.29, 1.82) is 0 Å². The Morgan fingerprint density at radius 1 is 1.36 bits per heavy atom. The molecular formula is C16H30IN5. The molecule has 1 aromatic rings. The average Bonchev–Trinajstić information content (AvgIpc) is 2.69. The van der Waals surface area contributed by atoms with Crippen LogP contribution in [0.3, 0.4) is 0 Å². The van der Waals surface area contributed by atoms with E-state index in [-0.39, 0.29) is 24.0 Å². The van der Waals surface area contributed by atoms with Crippen LogP contribution in [-0.2, 0) is 13.6 Å². The van der Waals surface area contributed by atoms with Crippen molar-refractivity contribution in [3.05, 3.63) is 17.0 Å². The lowest BCUT2D eigenvalue weighted by Gasteiger charge is -2.28. The molecule has 126 valence electrons. The summed E-state index contributed by atoms with van der Waals surface area (Å²) in [5, 5.41) is 11.4. The molecule has 1 saturated carbocycles. The van der Waals surface area contributed by atoms with Gasteiger partial charge in [0.15, 0.2) is 5.96 Å². The number of aryl methyl sites for hydroxylation is 2. The Balaban J connectivity index is 0.00000242. The highest BCUT2D eigenvalue weighted by atomic mass is 127. The zero-order valence-electron chi connectivity index (χ0n) is 14.4. The van der Waals surface area contributed by atoms with Crippen LogP contribution in [0.25, 0.3) is 0 Å². The topological polar surface area (TPSA) is 54.2 Å². The van der Waals surface area contributed by atoms with Crippen LogP contribution >= 0.6 is 24.0 Å². The second-order valence-corrected chi connectivity index (χ2v) is 6.31. The molecule has 1 aromatic heterocycles. The second-order valence-electron chi connectivity index (χ2n) is 6.31. The molecule has 0 saturated heterocycles. The van der Waals surface area contributed by atoms with Crippen molar-refractivity contribution in [2.24, 2.45) is 18.0 Å². The minimum absolute atomic E-state index is 0. The number of nitrogens with one attached hydrogen (secondary N) is 2. The number of aliphatic imine (C=N–C) groups is 1. The Morgan fingerprint density at radius 3 is 2.64 bits per heavy atom. The van der Waals surface area contributed by atoms with Gasteiger partial charge in [0.25, 0.3) is 0 Å². The van der Waals surface area contributed by atoms with Crippen molar-refractivity contribution in [2.45, 2.75) is 59.0 Å². The third kappa shape index (κ3) is 4.86. The minimum atomic E-state index is 0. The van der Waals surface area contributed by atoms with Gasteiger partial charge in [0.05, 0.1) is 5.69 Å². The first-order valence-corrected chi connectivity index (χ1v) is 7.97. The molecule has 1 aliphatic rings. The van der Waals surface area contributed by atoms with Gasteiger partial charge >= 0.3 is 0 Å². The maximum absolute atomic E-state index is 4.46. The monoisotopic (exact) mass is 419 g/mol. The summed E-state index contributed by atoms with van der Waals surface area (Å²) in [5.41, 5.74) is 3.56. The summed E-state index contributed by atoms with van der Waals surface area (Å²) in [4.78, 5) is 4.36.